The number of hydrogen-bond acceptors (Lipinski definition) is 3. The second-order valence-corrected chi connectivity index (χ2v) is 3.71. The first-order chi connectivity index (χ1) is 6.75. The highest BCUT2D eigenvalue weighted by Gasteiger charge is 2.28. The summed E-state index contributed by atoms with van der Waals surface area (Å²) in [6.07, 6.45) is 0.0658. The summed E-state index contributed by atoms with van der Waals surface area (Å²) in [5.74, 6) is -1.73. The quantitative estimate of drug-likeness (QED) is 0.577. The monoisotopic (exact) mass is 216 g/mol. The van der Waals surface area contributed by atoms with Crippen LogP contribution in [0.25, 0.3) is 0 Å². The zero-order valence-electron chi connectivity index (χ0n) is 9.09. The molecule has 0 rings (SSSR count). The molecule has 86 valence electrons. The number of nitrogens with one attached hydrogen (secondary N) is 2. The molecule has 0 heterocycles. The molecular formula is C9H16N2O4. The van der Waals surface area contributed by atoms with Crippen LogP contribution >= 0.6 is 0 Å². The van der Waals surface area contributed by atoms with E-state index in [0.29, 0.717) is 0 Å². The van der Waals surface area contributed by atoms with Crippen LogP contribution in [0.5, 0.6) is 0 Å². The molecule has 6 nitrogen and oxygen atoms in total. The van der Waals surface area contributed by atoms with Crippen LogP contribution in [0.4, 0.5) is 0 Å². The molecular weight excluding hydrogens is 200 g/mol. The molecule has 0 bridgehead atoms. The number of carbonyl (C=O) groups excluding carboxylic acids is 2. The minimum Gasteiger partial charge on any atom is -0.480 e. The predicted octanol–water partition coefficient (Wildman–Crippen LogP) is -0.508. The van der Waals surface area contributed by atoms with Crippen molar-refractivity contribution < 1.29 is 19.5 Å². The number of aliphatic carboxylic acids is 1. The van der Waals surface area contributed by atoms with Crippen molar-refractivity contribution in [2.45, 2.75) is 32.7 Å². The van der Waals surface area contributed by atoms with Crippen LogP contribution in [0.1, 0.15) is 27.2 Å². The largest absolute Gasteiger partial charge is 0.480 e. The summed E-state index contributed by atoms with van der Waals surface area (Å²) in [6, 6.07) is 0. The van der Waals surface area contributed by atoms with Crippen LogP contribution in [-0.4, -0.2) is 35.0 Å². The normalized spacial score (nSPS) is 10.6. The number of carboxylic acid groups (broad SMARTS) is 1. The number of carboxylic acids is 1. The maximum atomic E-state index is 11.2. The SMILES string of the molecule is CC(=O)NCCC(=O)NC(C)(C)C(=O)O. The van der Waals surface area contributed by atoms with Gasteiger partial charge in [-0.2, -0.15) is 0 Å². The fourth-order valence-electron chi connectivity index (χ4n) is 0.817. The van der Waals surface area contributed by atoms with Crippen LogP contribution in [0.2, 0.25) is 0 Å². The molecule has 0 aliphatic rings. The van der Waals surface area contributed by atoms with Gasteiger partial charge in [-0.3, -0.25) is 9.59 Å². The molecule has 0 fully saturated rings. The van der Waals surface area contributed by atoms with E-state index >= 15 is 0 Å². The lowest BCUT2D eigenvalue weighted by Crippen LogP contribution is -2.50. The van der Waals surface area contributed by atoms with Crippen molar-refractivity contribution in [2.24, 2.45) is 0 Å². The minimum absolute atomic E-state index is 0.0658. The van der Waals surface area contributed by atoms with E-state index in [9.17, 15) is 14.4 Å². The van der Waals surface area contributed by atoms with Crippen LogP contribution < -0.4 is 10.6 Å². The Bertz CT molecular complexity index is 273. The zero-order chi connectivity index (χ0) is 12.1. The average molecular weight is 216 g/mol. The molecule has 3 N–H and O–H groups in total. The van der Waals surface area contributed by atoms with Gasteiger partial charge in [0.2, 0.25) is 11.8 Å². The molecule has 2 amide bonds. The number of rotatable bonds is 5. The number of carbonyl (C=O) groups is 3. The summed E-state index contributed by atoms with van der Waals surface area (Å²) >= 11 is 0. The van der Waals surface area contributed by atoms with Crippen molar-refractivity contribution >= 4 is 17.8 Å². The van der Waals surface area contributed by atoms with Crippen LogP contribution in [0.15, 0.2) is 0 Å². The van der Waals surface area contributed by atoms with Gasteiger partial charge in [0, 0.05) is 19.9 Å². The van der Waals surface area contributed by atoms with E-state index < -0.39 is 17.4 Å². The summed E-state index contributed by atoms with van der Waals surface area (Å²) in [7, 11) is 0. The average Bonchev–Trinajstić information content (AvgIpc) is 2.01. The summed E-state index contributed by atoms with van der Waals surface area (Å²) in [5.41, 5.74) is -1.28. The van der Waals surface area contributed by atoms with Gasteiger partial charge in [-0.05, 0) is 13.8 Å². The molecule has 0 atom stereocenters. The van der Waals surface area contributed by atoms with Gasteiger partial charge in [-0.15, -0.1) is 0 Å². The summed E-state index contributed by atoms with van der Waals surface area (Å²) in [6.45, 7) is 4.34. The van der Waals surface area contributed by atoms with E-state index in [1.54, 1.807) is 0 Å². The Labute approximate surface area is 88.0 Å². The third kappa shape index (κ3) is 5.66. The van der Waals surface area contributed by atoms with Crippen molar-refractivity contribution in [1.29, 1.82) is 0 Å². The Kier molecular flexibility index (Phi) is 4.77. The highest BCUT2D eigenvalue weighted by molar-refractivity contribution is 5.86. The second kappa shape index (κ2) is 5.33. The lowest BCUT2D eigenvalue weighted by Gasteiger charge is -2.20. The molecule has 0 radical (unpaired) electrons. The topological polar surface area (TPSA) is 95.5 Å². The van der Waals surface area contributed by atoms with E-state index in [1.165, 1.54) is 20.8 Å². The van der Waals surface area contributed by atoms with Crippen LogP contribution in [0, 0.1) is 0 Å². The van der Waals surface area contributed by atoms with Gasteiger partial charge in [-0.25, -0.2) is 4.79 Å². The Morgan fingerprint density at radius 1 is 1.27 bits per heavy atom. The van der Waals surface area contributed by atoms with E-state index in [1.807, 2.05) is 0 Å². The molecule has 0 aromatic carbocycles. The fourth-order valence-corrected chi connectivity index (χ4v) is 0.817. The first-order valence-electron chi connectivity index (χ1n) is 4.54. The highest BCUT2D eigenvalue weighted by Crippen LogP contribution is 2.01. The Morgan fingerprint density at radius 2 is 1.80 bits per heavy atom. The van der Waals surface area contributed by atoms with Gasteiger partial charge in [-0.1, -0.05) is 0 Å². The molecule has 15 heavy (non-hydrogen) atoms. The first-order valence-corrected chi connectivity index (χ1v) is 4.54. The molecule has 0 aromatic rings. The highest BCUT2D eigenvalue weighted by atomic mass is 16.4. The third-order valence-electron chi connectivity index (χ3n) is 1.71. The van der Waals surface area contributed by atoms with Gasteiger partial charge in [0.05, 0.1) is 0 Å². The minimum atomic E-state index is -1.28. The third-order valence-corrected chi connectivity index (χ3v) is 1.71. The summed E-state index contributed by atoms with van der Waals surface area (Å²) < 4.78 is 0. The van der Waals surface area contributed by atoms with Gasteiger partial charge in [0.15, 0.2) is 0 Å². The van der Waals surface area contributed by atoms with E-state index in [4.69, 9.17) is 5.11 Å². The molecule has 6 heteroatoms. The van der Waals surface area contributed by atoms with Gasteiger partial charge in [0.1, 0.15) is 5.54 Å². The van der Waals surface area contributed by atoms with E-state index in [0.717, 1.165) is 0 Å². The van der Waals surface area contributed by atoms with Gasteiger partial charge in [0.25, 0.3) is 0 Å². The maximum absolute atomic E-state index is 11.2. The lowest BCUT2D eigenvalue weighted by atomic mass is 10.1. The summed E-state index contributed by atoms with van der Waals surface area (Å²) in [5, 5.41) is 13.5. The lowest BCUT2D eigenvalue weighted by molar-refractivity contribution is -0.146. The van der Waals surface area contributed by atoms with Crippen molar-refractivity contribution in [2.75, 3.05) is 6.54 Å². The van der Waals surface area contributed by atoms with Crippen molar-refractivity contribution in [1.82, 2.24) is 10.6 Å². The smallest absolute Gasteiger partial charge is 0.328 e. The van der Waals surface area contributed by atoms with Crippen LogP contribution in [-0.2, 0) is 14.4 Å². The molecule has 0 spiro atoms. The standard InChI is InChI=1S/C9H16N2O4/c1-6(12)10-5-4-7(13)11-9(2,3)8(14)15/h4-5H2,1-3H3,(H,10,12)(H,11,13)(H,14,15). The zero-order valence-corrected chi connectivity index (χ0v) is 9.09. The molecule has 0 aliphatic carbocycles. The second-order valence-electron chi connectivity index (χ2n) is 3.71. The predicted molar refractivity (Wildman–Crippen MR) is 53.2 cm³/mol. The first kappa shape index (κ1) is 13.4. The Hall–Kier alpha value is -1.59. The molecule has 0 unspecified atom stereocenters. The molecule has 0 aliphatic heterocycles. The van der Waals surface area contributed by atoms with Gasteiger partial charge >= 0.3 is 5.97 Å². The molecule has 0 saturated heterocycles. The van der Waals surface area contributed by atoms with Crippen molar-refractivity contribution in [3.05, 3.63) is 0 Å². The Balaban J connectivity index is 3.94. The van der Waals surface area contributed by atoms with Gasteiger partial charge < -0.3 is 15.7 Å². The Morgan fingerprint density at radius 3 is 2.20 bits per heavy atom. The van der Waals surface area contributed by atoms with Crippen molar-refractivity contribution in [3.63, 3.8) is 0 Å². The maximum Gasteiger partial charge on any atom is 0.328 e. The van der Waals surface area contributed by atoms with Crippen molar-refractivity contribution in [3.8, 4) is 0 Å². The number of hydrogen-bond donors (Lipinski definition) is 3. The number of amides is 2. The molecule has 0 aromatic heterocycles. The summed E-state index contributed by atoms with van der Waals surface area (Å²) in [4.78, 5) is 32.4. The van der Waals surface area contributed by atoms with E-state index in [2.05, 4.69) is 10.6 Å². The van der Waals surface area contributed by atoms with Crippen LogP contribution in [0.3, 0.4) is 0 Å². The molecule has 0 saturated carbocycles. The van der Waals surface area contributed by atoms with E-state index in [-0.39, 0.29) is 18.9 Å². The fraction of sp³-hybridized carbons (Fsp3) is 0.667.